The van der Waals surface area contributed by atoms with Gasteiger partial charge in [0, 0.05) is 56.9 Å². The quantitative estimate of drug-likeness (QED) is 0.667. The summed E-state index contributed by atoms with van der Waals surface area (Å²) in [5.41, 5.74) is 2.63. The molecule has 0 radical (unpaired) electrons. The van der Waals surface area contributed by atoms with Gasteiger partial charge in [0.1, 0.15) is 5.82 Å². The molecule has 0 saturated carbocycles. The predicted molar refractivity (Wildman–Crippen MR) is 120 cm³/mol. The van der Waals surface area contributed by atoms with Crippen LogP contribution in [-0.2, 0) is 11.2 Å². The number of hydrogen-bond acceptors (Lipinski definition) is 6. The summed E-state index contributed by atoms with van der Waals surface area (Å²) >= 11 is 0. The van der Waals surface area contributed by atoms with Gasteiger partial charge in [-0.1, -0.05) is 30.3 Å². The Balaban J connectivity index is 1.37. The van der Waals surface area contributed by atoms with Gasteiger partial charge < -0.3 is 9.80 Å². The van der Waals surface area contributed by atoms with Gasteiger partial charge in [0.05, 0.1) is 5.56 Å². The molecule has 1 N–H and O–H groups in total. The largest absolute Gasteiger partial charge is 0.368 e. The van der Waals surface area contributed by atoms with Crippen LogP contribution in [0.1, 0.15) is 22.3 Å². The zero-order chi connectivity index (χ0) is 21.5. The summed E-state index contributed by atoms with van der Waals surface area (Å²) in [7, 11) is 0. The van der Waals surface area contributed by atoms with E-state index in [1.165, 1.54) is 0 Å². The average Bonchev–Trinajstić information content (AvgIpc) is 2.84. The molecule has 158 valence electrons. The van der Waals surface area contributed by atoms with Crippen LogP contribution in [0.15, 0.2) is 73.2 Å². The topological polar surface area (TPSA) is 78.4 Å². The second-order valence-corrected chi connectivity index (χ2v) is 7.42. The van der Waals surface area contributed by atoms with Crippen LogP contribution in [0.25, 0.3) is 0 Å². The number of piperazine rings is 1. The van der Waals surface area contributed by atoms with Crippen LogP contribution in [0.4, 0.5) is 11.5 Å². The molecule has 7 heteroatoms. The number of nitrogens with zero attached hydrogens (tertiary/aromatic N) is 4. The number of carbonyl (C=O) groups excluding carboxylic acids is 2. The lowest BCUT2D eigenvalue weighted by molar-refractivity contribution is -0.120. The van der Waals surface area contributed by atoms with Crippen molar-refractivity contribution in [1.82, 2.24) is 15.3 Å². The lowest BCUT2D eigenvalue weighted by atomic mass is 10.1. The van der Waals surface area contributed by atoms with Crippen LogP contribution in [0.3, 0.4) is 0 Å². The number of rotatable bonds is 6. The Hall–Kier alpha value is -3.74. The maximum atomic E-state index is 12.8. The third kappa shape index (κ3) is 5.25. The zero-order valence-corrected chi connectivity index (χ0v) is 17.3. The molecule has 0 aliphatic carbocycles. The fourth-order valence-electron chi connectivity index (χ4n) is 3.72. The van der Waals surface area contributed by atoms with Crippen LogP contribution < -0.4 is 15.1 Å². The van der Waals surface area contributed by atoms with E-state index in [1.807, 2.05) is 42.5 Å². The smallest absolute Gasteiger partial charge is 0.261 e. The van der Waals surface area contributed by atoms with Crippen LogP contribution in [0.2, 0.25) is 0 Å². The zero-order valence-electron chi connectivity index (χ0n) is 17.3. The molecule has 0 bridgehead atoms. The molecule has 1 aliphatic rings. The van der Waals surface area contributed by atoms with Crippen molar-refractivity contribution in [1.29, 1.82) is 0 Å². The summed E-state index contributed by atoms with van der Waals surface area (Å²) in [4.78, 5) is 38.0. The van der Waals surface area contributed by atoms with Crippen molar-refractivity contribution in [2.75, 3.05) is 36.0 Å². The highest BCUT2D eigenvalue weighted by molar-refractivity contribution is 6.07. The molecule has 1 aliphatic heterocycles. The molecule has 3 aromatic rings. The van der Waals surface area contributed by atoms with Crippen molar-refractivity contribution in [2.24, 2.45) is 0 Å². The van der Waals surface area contributed by atoms with E-state index in [-0.39, 0.29) is 12.3 Å². The first kappa shape index (κ1) is 20.5. The number of benzene rings is 1. The maximum Gasteiger partial charge on any atom is 0.261 e. The molecule has 7 nitrogen and oxygen atoms in total. The van der Waals surface area contributed by atoms with Gasteiger partial charge in [-0.25, -0.2) is 4.98 Å². The summed E-state index contributed by atoms with van der Waals surface area (Å²) in [5, 5.41) is 2.52. The predicted octanol–water partition coefficient (Wildman–Crippen LogP) is 2.69. The van der Waals surface area contributed by atoms with E-state index in [0.717, 1.165) is 37.4 Å². The van der Waals surface area contributed by atoms with Gasteiger partial charge in [-0.05, 0) is 36.2 Å². The third-order valence-corrected chi connectivity index (χ3v) is 5.37. The number of carbonyl (C=O) groups is 2. The standard InChI is InChI=1S/C24H25N5O2/c30-22(9-8-19-5-2-1-3-6-19)27-24(31)21-7-4-12-26-23(21)29-17-15-28(16-18-29)20-10-13-25-14-11-20/h1-7,10-14H,8-9,15-18H2,(H,27,30,31). The van der Waals surface area contributed by atoms with E-state index in [2.05, 4.69) is 25.1 Å². The van der Waals surface area contributed by atoms with Gasteiger partial charge in [0.15, 0.2) is 0 Å². The first-order chi connectivity index (χ1) is 15.2. The minimum Gasteiger partial charge on any atom is -0.368 e. The van der Waals surface area contributed by atoms with Crippen LogP contribution in [-0.4, -0.2) is 48.0 Å². The molecular weight excluding hydrogens is 390 g/mol. The first-order valence-corrected chi connectivity index (χ1v) is 10.4. The fraction of sp³-hybridized carbons (Fsp3) is 0.250. The molecule has 4 rings (SSSR count). The number of anilines is 2. The number of pyridine rings is 2. The first-order valence-electron chi connectivity index (χ1n) is 10.4. The van der Waals surface area contributed by atoms with Crippen molar-refractivity contribution < 1.29 is 9.59 Å². The summed E-state index contributed by atoms with van der Waals surface area (Å²) in [6, 6.07) is 17.2. The minimum absolute atomic E-state index is 0.260. The molecule has 0 unspecified atom stereocenters. The summed E-state index contributed by atoms with van der Waals surface area (Å²) < 4.78 is 0. The van der Waals surface area contributed by atoms with E-state index < -0.39 is 5.91 Å². The van der Waals surface area contributed by atoms with Crippen molar-refractivity contribution in [3.63, 3.8) is 0 Å². The molecule has 1 aromatic carbocycles. The monoisotopic (exact) mass is 415 g/mol. The van der Waals surface area contributed by atoms with Gasteiger partial charge in [-0.15, -0.1) is 0 Å². The average molecular weight is 415 g/mol. The third-order valence-electron chi connectivity index (χ3n) is 5.37. The number of imide groups is 1. The molecule has 31 heavy (non-hydrogen) atoms. The van der Waals surface area contributed by atoms with Crippen LogP contribution in [0, 0.1) is 0 Å². The Bertz CT molecular complexity index is 1020. The minimum atomic E-state index is -0.405. The lowest BCUT2D eigenvalue weighted by Gasteiger charge is -2.37. The number of aromatic nitrogens is 2. The molecule has 2 aromatic heterocycles. The van der Waals surface area contributed by atoms with Gasteiger partial charge >= 0.3 is 0 Å². The molecule has 3 heterocycles. The van der Waals surface area contributed by atoms with Crippen molar-refractivity contribution in [2.45, 2.75) is 12.8 Å². The van der Waals surface area contributed by atoms with Crippen molar-refractivity contribution in [3.8, 4) is 0 Å². The van der Waals surface area contributed by atoms with Gasteiger partial charge in [-0.2, -0.15) is 0 Å². The summed E-state index contributed by atoms with van der Waals surface area (Å²) in [6.07, 6.45) is 6.11. The molecule has 1 fully saturated rings. The highest BCUT2D eigenvalue weighted by Crippen LogP contribution is 2.21. The highest BCUT2D eigenvalue weighted by atomic mass is 16.2. The van der Waals surface area contributed by atoms with E-state index in [9.17, 15) is 9.59 Å². The summed E-state index contributed by atoms with van der Waals surface area (Å²) in [5.74, 6) is -0.0749. The number of aryl methyl sites for hydroxylation is 1. The van der Waals surface area contributed by atoms with E-state index in [1.54, 1.807) is 30.7 Å². The Kier molecular flexibility index (Phi) is 6.52. The van der Waals surface area contributed by atoms with Crippen LogP contribution >= 0.6 is 0 Å². The molecule has 0 spiro atoms. The normalized spacial score (nSPS) is 13.7. The second-order valence-electron chi connectivity index (χ2n) is 7.42. The maximum absolute atomic E-state index is 12.8. The molecular formula is C24H25N5O2. The van der Waals surface area contributed by atoms with Gasteiger partial charge in [0.25, 0.3) is 5.91 Å². The Labute approximate surface area is 181 Å². The van der Waals surface area contributed by atoms with Crippen molar-refractivity contribution in [3.05, 3.63) is 84.3 Å². The van der Waals surface area contributed by atoms with Crippen LogP contribution in [0.5, 0.6) is 0 Å². The van der Waals surface area contributed by atoms with E-state index >= 15 is 0 Å². The Morgan fingerprint density at radius 2 is 1.55 bits per heavy atom. The summed E-state index contributed by atoms with van der Waals surface area (Å²) in [6.45, 7) is 3.11. The molecule has 1 saturated heterocycles. The fourth-order valence-corrected chi connectivity index (χ4v) is 3.72. The molecule has 2 amide bonds. The SMILES string of the molecule is O=C(CCc1ccccc1)NC(=O)c1cccnc1N1CCN(c2ccncc2)CC1. The number of amides is 2. The second kappa shape index (κ2) is 9.84. The van der Waals surface area contributed by atoms with E-state index in [0.29, 0.717) is 17.8 Å². The van der Waals surface area contributed by atoms with Crippen molar-refractivity contribution >= 4 is 23.3 Å². The Morgan fingerprint density at radius 1 is 0.839 bits per heavy atom. The number of nitrogens with one attached hydrogen (secondary N) is 1. The highest BCUT2D eigenvalue weighted by Gasteiger charge is 2.23. The number of hydrogen-bond donors (Lipinski definition) is 1. The van der Waals surface area contributed by atoms with E-state index in [4.69, 9.17) is 0 Å². The van der Waals surface area contributed by atoms with Gasteiger partial charge in [0.2, 0.25) is 5.91 Å². The lowest BCUT2D eigenvalue weighted by Crippen LogP contribution is -2.47. The van der Waals surface area contributed by atoms with Gasteiger partial charge in [-0.3, -0.25) is 19.9 Å². The molecule has 0 atom stereocenters. The Morgan fingerprint density at radius 3 is 2.29 bits per heavy atom.